The maximum atomic E-state index is 12.3. The van der Waals surface area contributed by atoms with E-state index in [4.69, 9.17) is 4.74 Å². The number of para-hydroxylation sites is 1. The summed E-state index contributed by atoms with van der Waals surface area (Å²) < 4.78 is 5.16. The summed E-state index contributed by atoms with van der Waals surface area (Å²) >= 11 is 0. The average molecular weight is 320 g/mol. The Morgan fingerprint density at radius 1 is 1.12 bits per heavy atom. The minimum atomic E-state index is 0.0887. The minimum Gasteiger partial charge on any atom is -0.497 e. The van der Waals surface area contributed by atoms with Crippen molar-refractivity contribution < 1.29 is 9.53 Å². The molecule has 4 heteroatoms. The van der Waals surface area contributed by atoms with Crippen LogP contribution in [0.25, 0.3) is 10.9 Å². The van der Waals surface area contributed by atoms with E-state index in [1.807, 2.05) is 49.4 Å². The van der Waals surface area contributed by atoms with Crippen molar-refractivity contribution >= 4 is 22.4 Å². The number of pyridine rings is 1. The highest BCUT2D eigenvalue weighted by Gasteiger charge is 2.08. The van der Waals surface area contributed by atoms with Gasteiger partial charge in [0.25, 0.3) is 0 Å². The molecule has 4 nitrogen and oxygen atoms in total. The largest absolute Gasteiger partial charge is 0.497 e. The maximum absolute atomic E-state index is 12.3. The van der Waals surface area contributed by atoms with Crippen LogP contribution < -0.4 is 10.1 Å². The number of fused-ring (bicyclic) bond motifs is 1. The summed E-state index contributed by atoms with van der Waals surface area (Å²) in [6.07, 6.45) is 0.412. The third-order valence-electron chi connectivity index (χ3n) is 3.92. The van der Waals surface area contributed by atoms with Gasteiger partial charge in [-0.1, -0.05) is 30.3 Å². The SMILES string of the molecule is COc1cccc(C(=O)CCNc2cccc3ccc(C)nc23)c1. The fourth-order valence-corrected chi connectivity index (χ4v) is 2.64. The highest BCUT2D eigenvalue weighted by molar-refractivity contribution is 5.97. The molecule has 0 radical (unpaired) electrons. The Kier molecular flexibility index (Phi) is 4.75. The topological polar surface area (TPSA) is 51.2 Å². The Labute approximate surface area is 141 Å². The van der Waals surface area contributed by atoms with Gasteiger partial charge >= 0.3 is 0 Å². The van der Waals surface area contributed by atoms with Crippen LogP contribution >= 0.6 is 0 Å². The molecular formula is C20H20N2O2. The third-order valence-corrected chi connectivity index (χ3v) is 3.92. The van der Waals surface area contributed by atoms with Crippen molar-refractivity contribution in [1.82, 2.24) is 4.98 Å². The number of aromatic nitrogens is 1. The van der Waals surface area contributed by atoms with E-state index in [2.05, 4.69) is 16.4 Å². The first-order chi connectivity index (χ1) is 11.7. The minimum absolute atomic E-state index is 0.0887. The first kappa shape index (κ1) is 16.0. The molecule has 0 atom stereocenters. The van der Waals surface area contributed by atoms with Gasteiger partial charge in [-0.3, -0.25) is 9.78 Å². The van der Waals surface area contributed by atoms with E-state index in [-0.39, 0.29) is 5.78 Å². The van der Waals surface area contributed by atoms with E-state index in [0.29, 0.717) is 24.3 Å². The van der Waals surface area contributed by atoms with Gasteiger partial charge in [0.15, 0.2) is 5.78 Å². The normalized spacial score (nSPS) is 10.6. The lowest BCUT2D eigenvalue weighted by Crippen LogP contribution is -2.09. The van der Waals surface area contributed by atoms with Crippen molar-refractivity contribution in [3.63, 3.8) is 0 Å². The quantitative estimate of drug-likeness (QED) is 0.690. The monoisotopic (exact) mass is 320 g/mol. The van der Waals surface area contributed by atoms with E-state index in [1.165, 1.54) is 0 Å². The van der Waals surface area contributed by atoms with Crippen LogP contribution in [0, 0.1) is 6.92 Å². The van der Waals surface area contributed by atoms with Crippen LogP contribution in [-0.4, -0.2) is 24.4 Å². The van der Waals surface area contributed by atoms with E-state index in [1.54, 1.807) is 13.2 Å². The number of nitrogens with one attached hydrogen (secondary N) is 1. The van der Waals surface area contributed by atoms with Crippen LogP contribution in [0.2, 0.25) is 0 Å². The lowest BCUT2D eigenvalue weighted by molar-refractivity contribution is 0.0986. The number of carbonyl (C=O) groups excluding carboxylic acids is 1. The third kappa shape index (κ3) is 3.54. The molecule has 0 saturated heterocycles. The molecule has 0 aliphatic heterocycles. The summed E-state index contributed by atoms with van der Waals surface area (Å²) in [6.45, 7) is 2.54. The molecule has 3 rings (SSSR count). The number of Topliss-reactive ketones (excluding diaryl/α,β-unsaturated/α-hetero) is 1. The number of ether oxygens (including phenoxy) is 1. The molecule has 0 saturated carbocycles. The Morgan fingerprint density at radius 3 is 2.79 bits per heavy atom. The van der Waals surface area contributed by atoms with Crippen LogP contribution in [0.4, 0.5) is 5.69 Å². The van der Waals surface area contributed by atoms with Gasteiger partial charge in [-0.05, 0) is 31.2 Å². The predicted octanol–water partition coefficient (Wildman–Crippen LogP) is 4.24. The molecule has 24 heavy (non-hydrogen) atoms. The molecule has 1 aromatic heterocycles. The molecule has 0 bridgehead atoms. The van der Waals surface area contributed by atoms with Gasteiger partial charge in [-0.2, -0.15) is 0 Å². The van der Waals surface area contributed by atoms with Crippen molar-refractivity contribution in [3.8, 4) is 5.75 Å². The number of methoxy groups -OCH3 is 1. The number of hydrogen-bond donors (Lipinski definition) is 1. The number of benzene rings is 2. The van der Waals surface area contributed by atoms with Crippen LogP contribution in [0.5, 0.6) is 5.75 Å². The number of carbonyl (C=O) groups is 1. The predicted molar refractivity (Wildman–Crippen MR) is 96.9 cm³/mol. The van der Waals surface area contributed by atoms with E-state index >= 15 is 0 Å². The molecule has 0 spiro atoms. The second kappa shape index (κ2) is 7.13. The number of anilines is 1. The lowest BCUT2D eigenvalue weighted by Gasteiger charge is -2.10. The fraction of sp³-hybridized carbons (Fsp3) is 0.200. The molecule has 122 valence electrons. The molecule has 1 N–H and O–H groups in total. The fourth-order valence-electron chi connectivity index (χ4n) is 2.64. The van der Waals surface area contributed by atoms with Crippen molar-refractivity contribution in [2.75, 3.05) is 19.0 Å². The van der Waals surface area contributed by atoms with Crippen molar-refractivity contribution in [2.45, 2.75) is 13.3 Å². The highest BCUT2D eigenvalue weighted by Crippen LogP contribution is 2.22. The first-order valence-corrected chi connectivity index (χ1v) is 7.95. The van der Waals surface area contributed by atoms with Gasteiger partial charge in [-0.25, -0.2) is 0 Å². The van der Waals surface area contributed by atoms with E-state index in [9.17, 15) is 4.79 Å². The Morgan fingerprint density at radius 2 is 1.96 bits per heavy atom. The molecule has 0 fully saturated rings. The van der Waals surface area contributed by atoms with E-state index < -0.39 is 0 Å². The lowest BCUT2D eigenvalue weighted by atomic mass is 10.1. The summed E-state index contributed by atoms with van der Waals surface area (Å²) in [5.41, 5.74) is 3.54. The first-order valence-electron chi connectivity index (χ1n) is 7.95. The molecule has 2 aromatic carbocycles. The summed E-state index contributed by atoms with van der Waals surface area (Å²) in [6, 6.07) is 17.3. The number of hydrogen-bond acceptors (Lipinski definition) is 4. The van der Waals surface area contributed by atoms with Crippen molar-refractivity contribution in [3.05, 3.63) is 65.9 Å². The Bertz CT molecular complexity index is 874. The molecule has 0 aliphatic carbocycles. The maximum Gasteiger partial charge on any atom is 0.164 e. The van der Waals surface area contributed by atoms with Gasteiger partial charge in [0, 0.05) is 29.6 Å². The van der Waals surface area contributed by atoms with Gasteiger partial charge in [0.2, 0.25) is 0 Å². The zero-order valence-corrected chi connectivity index (χ0v) is 13.9. The summed E-state index contributed by atoms with van der Waals surface area (Å²) in [7, 11) is 1.60. The molecule has 0 aliphatic rings. The highest BCUT2D eigenvalue weighted by atomic mass is 16.5. The van der Waals surface area contributed by atoms with Crippen LogP contribution in [0.1, 0.15) is 22.5 Å². The number of aryl methyl sites for hydroxylation is 1. The van der Waals surface area contributed by atoms with Gasteiger partial charge in [0.1, 0.15) is 5.75 Å². The van der Waals surface area contributed by atoms with Crippen LogP contribution in [0.3, 0.4) is 0 Å². The summed E-state index contributed by atoms with van der Waals surface area (Å²) in [4.78, 5) is 16.9. The van der Waals surface area contributed by atoms with Gasteiger partial charge in [-0.15, -0.1) is 0 Å². The second-order valence-corrected chi connectivity index (χ2v) is 5.66. The average Bonchev–Trinajstić information content (AvgIpc) is 2.62. The summed E-state index contributed by atoms with van der Waals surface area (Å²) in [5, 5.41) is 4.42. The van der Waals surface area contributed by atoms with Gasteiger partial charge < -0.3 is 10.1 Å². The van der Waals surface area contributed by atoms with Crippen LogP contribution in [-0.2, 0) is 0 Å². The molecule has 1 heterocycles. The number of ketones is 1. The Hall–Kier alpha value is -2.88. The standard InChI is InChI=1S/C20H20N2O2/c1-14-9-10-15-5-4-8-18(20(15)22-14)21-12-11-19(23)16-6-3-7-17(13-16)24-2/h3-10,13,21H,11-12H2,1-2H3. The van der Waals surface area contributed by atoms with Gasteiger partial charge in [0.05, 0.1) is 18.3 Å². The van der Waals surface area contributed by atoms with Crippen molar-refractivity contribution in [2.24, 2.45) is 0 Å². The zero-order chi connectivity index (χ0) is 16.9. The number of nitrogens with zero attached hydrogens (tertiary/aromatic N) is 1. The van der Waals surface area contributed by atoms with Crippen molar-refractivity contribution in [1.29, 1.82) is 0 Å². The summed E-state index contributed by atoms with van der Waals surface area (Å²) in [5.74, 6) is 0.785. The number of rotatable bonds is 6. The molecule has 0 unspecified atom stereocenters. The molecule has 3 aromatic rings. The zero-order valence-electron chi connectivity index (χ0n) is 13.9. The van der Waals surface area contributed by atoms with E-state index in [0.717, 1.165) is 22.3 Å². The van der Waals surface area contributed by atoms with Crippen LogP contribution in [0.15, 0.2) is 54.6 Å². The molecule has 0 amide bonds. The second-order valence-electron chi connectivity index (χ2n) is 5.66. The smallest absolute Gasteiger partial charge is 0.164 e. The Balaban J connectivity index is 1.68. The molecular weight excluding hydrogens is 300 g/mol.